The molecule has 0 amide bonds. The minimum absolute atomic E-state index is 0.269. The van der Waals surface area contributed by atoms with E-state index < -0.39 is 0 Å². The molecule has 3 heteroatoms. The largest absolute Gasteiger partial charge is 0.306 e. The van der Waals surface area contributed by atoms with Crippen molar-refractivity contribution in [1.29, 1.82) is 0 Å². The summed E-state index contributed by atoms with van der Waals surface area (Å²) in [4.78, 5) is 0. The number of benzene rings is 2. The molecule has 0 saturated carbocycles. The van der Waals surface area contributed by atoms with E-state index in [4.69, 9.17) is 0 Å². The van der Waals surface area contributed by atoms with E-state index in [1.165, 1.54) is 24.8 Å². The summed E-state index contributed by atoms with van der Waals surface area (Å²) in [6, 6.07) is 17.7. The minimum atomic E-state index is 0.269. The summed E-state index contributed by atoms with van der Waals surface area (Å²) in [6.07, 6.45) is 0. The van der Waals surface area contributed by atoms with Crippen molar-refractivity contribution < 1.29 is 0 Å². The fourth-order valence-corrected chi connectivity index (χ4v) is 4.07. The second kappa shape index (κ2) is 6.24. The zero-order chi connectivity index (χ0) is 13.9. The van der Waals surface area contributed by atoms with Crippen LogP contribution in [0.5, 0.6) is 0 Å². The SMILES string of the molecule is CCNC(c1cccc(I)c1)c1csc2ccccc12. The molecule has 0 aliphatic heterocycles. The Kier molecular flexibility index (Phi) is 4.38. The van der Waals surface area contributed by atoms with Crippen LogP contribution in [0.3, 0.4) is 0 Å². The molecule has 0 fully saturated rings. The fraction of sp³-hybridized carbons (Fsp3) is 0.176. The molecule has 1 N–H and O–H groups in total. The first-order valence-corrected chi connectivity index (χ1v) is 8.70. The van der Waals surface area contributed by atoms with Gasteiger partial charge in [0, 0.05) is 8.27 Å². The monoisotopic (exact) mass is 393 g/mol. The second-order valence-electron chi connectivity index (χ2n) is 4.73. The Morgan fingerprint density at radius 3 is 2.80 bits per heavy atom. The molecule has 0 spiro atoms. The molecule has 1 nitrogen and oxygen atoms in total. The van der Waals surface area contributed by atoms with Crippen molar-refractivity contribution in [1.82, 2.24) is 5.32 Å². The second-order valence-corrected chi connectivity index (χ2v) is 6.89. The van der Waals surface area contributed by atoms with Gasteiger partial charge in [0.25, 0.3) is 0 Å². The molecule has 0 saturated heterocycles. The quantitative estimate of drug-likeness (QED) is 0.601. The van der Waals surface area contributed by atoms with Crippen molar-refractivity contribution in [3.05, 3.63) is 68.6 Å². The van der Waals surface area contributed by atoms with Crippen LogP contribution in [0.25, 0.3) is 10.1 Å². The van der Waals surface area contributed by atoms with Crippen LogP contribution in [-0.4, -0.2) is 6.54 Å². The molecule has 0 radical (unpaired) electrons. The molecule has 1 heterocycles. The van der Waals surface area contributed by atoms with Crippen molar-refractivity contribution in [2.24, 2.45) is 0 Å². The predicted octanol–water partition coefficient (Wildman–Crippen LogP) is 5.20. The number of thiophene rings is 1. The summed E-state index contributed by atoms with van der Waals surface area (Å²) < 4.78 is 2.64. The normalized spacial score (nSPS) is 12.7. The third-order valence-electron chi connectivity index (χ3n) is 3.41. The number of hydrogen-bond acceptors (Lipinski definition) is 2. The predicted molar refractivity (Wildman–Crippen MR) is 96.5 cm³/mol. The lowest BCUT2D eigenvalue weighted by molar-refractivity contribution is 0.635. The van der Waals surface area contributed by atoms with Crippen LogP contribution in [0.4, 0.5) is 0 Å². The lowest BCUT2D eigenvalue weighted by Crippen LogP contribution is -2.21. The van der Waals surface area contributed by atoms with E-state index in [1.54, 1.807) is 0 Å². The van der Waals surface area contributed by atoms with E-state index in [2.05, 4.69) is 88.7 Å². The van der Waals surface area contributed by atoms with E-state index in [-0.39, 0.29) is 6.04 Å². The van der Waals surface area contributed by atoms with Gasteiger partial charge in [0.05, 0.1) is 6.04 Å². The highest BCUT2D eigenvalue weighted by Gasteiger charge is 2.17. The Hall–Kier alpha value is -0.910. The minimum Gasteiger partial charge on any atom is -0.306 e. The molecular weight excluding hydrogens is 377 g/mol. The van der Waals surface area contributed by atoms with Gasteiger partial charge in [-0.1, -0.05) is 37.3 Å². The van der Waals surface area contributed by atoms with Gasteiger partial charge in [0.1, 0.15) is 0 Å². The Balaban J connectivity index is 2.11. The molecule has 102 valence electrons. The molecule has 3 aromatic rings. The standard InChI is InChI=1S/C17H16INS/c1-2-19-17(12-6-5-7-13(18)10-12)15-11-20-16-9-4-3-8-14(15)16/h3-11,17,19H,2H2,1H3. The van der Waals surface area contributed by atoms with Gasteiger partial charge in [-0.2, -0.15) is 0 Å². The molecular formula is C17H16INS. The molecule has 20 heavy (non-hydrogen) atoms. The summed E-state index contributed by atoms with van der Waals surface area (Å²) in [6.45, 7) is 3.12. The first-order valence-electron chi connectivity index (χ1n) is 6.74. The van der Waals surface area contributed by atoms with Crippen molar-refractivity contribution in [3.63, 3.8) is 0 Å². The molecule has 3 rings (SSSR count). The lowest BCUT2D eigenvalue weighted by atomic mass is 9.98. The zero-order valence-electron chi connectivity index (χ0n) is 11.3. The Morgan fingerprint density at radius 1 is 1.15 bits per heavy atom. The van der Waals surface area contributed by atoms with Gasteiger partial charge in [-0.05, 0) is 69.2 Å². The van der Waals surface area contributed by atoms with Crippen LogP contribution in [-0.2, 0) is 0 Å². The first-order chi connectivity index (χ1) is 9.79. The maximum atomic E-state index is 3.62. The van der Waals surface area contributed by atoms with Crippen LogP contribution in [0.2, 0.25) is 0 Å². The summed E-state index contributed by atoms with van der Waals surface area (Å²) in [5.41, 5.74) is 2.72. The van der Waals surface area contributed by atoms with Gasteiger partial charge < -0.3 is 5.32 Å². The van der Waals surface area contributed by atoms with Gasteiger partial charge in [-0.3, -0.25) is 0 Å². The fourth-order valence-electron chi connectivity index (χ4n) is 2.52. The Morgan fingerprint density at radius 2 is 2.00 bits per heavy atom. The summed E-state index contributed by atoms with van der Waals surface area (Å²) in [5.74, 6) is 0. The third kappa shape index (κ3) is 2.75. The number of hydrogen-bond donors (Lipinski definition) is 1. The number of fused-ring (bicyclic) bond motifs is 1. The number of nitrogens with one attached hydrogen (secondary N) is 1. The van der Waals surface area contributed by atoms with E-state index in [1.807, 2.05) is 11.3 Å². The molecule has 1 atom stereocenters. The zero-order valence-corrected chi connectivity index (χ0v) is 14.2. The van der Waals surface area contributed by atoms with Crippen molar-refractivity contribution in [3.8, 4) is 0 Å². The van der Waals surface area contributed by atoms with Crippen LogP contribution in [0.1, 0.15) is 24.1 Å². The molecule has 0 aliphatic carbocycles. The van der Waals surface area contributed by atoms with E-state index in [0.717, 1.165) is 6.54 Å². The highest BCUT2D eigenvalue weighted by atomic mass is 127. The van der Waals surface area contributed by atoms with Crippen LogP contribution < -0.4 is 5.32 Å². The lowest BCUT2D eigenvalue weighted by Gasteiger charge is -2.18. The smallest absolute Gasteiger partial charge is 0.0591 e. The summed E-state index contributed by atoms with van der Waals surface area (Å²) in [5, 5.41) is 7.28. The van der Waals surface area contributed by atoms with Gasteiger partial charge in [-0.25, -0.2) is 0 Å². The van der Waals surface area contributed by atoms with Crippen molar-refractivity contribution in [2.45, 2.75) is 13.0 Å². The highest BCUT2D eigenvalue weighted by Crippen LogP contribution is 2.33. The molecule has 2 aromatic carbocycles. The Labute approximate surface area is 137 Å². The van der Waals surface area contributed by atoms with E-state index in [9.17, 15) is 0 Å². The molecule has 1 aromatic heterocycles. The number of halogens is 1. The third-order valence-corrected chi connectivity index (χ3v) is 5.06. The summed E-state index contributed by atoms with van der Waals surface area (Å²) in [7, 11) is 0. The van der Waals surface area contributed by atoms with Crippen LogP contribution >= 0.6 is 33.9 Å². The van der Waals surface area contributed by atoms with E-state index >= 15 is 0 Å². The van der Waals surface area contributed by atoms with Crippen molar-refractivity contribution >= 4 is 44.0 Å². The molecule has 1 unspecified atom stereocenters. The Bertz CT molecular complexity index is 720. The van der Waals surface area contributed by atoms with Crippen LogP contribution in [0, 0.1) is 3.57 Å². The van der Waals surface area contributed by atoms with Gasteiger partial charge in [0.2, 0.25) is 0 Å². The van der Waals surface area contributed by atoms with E-state index in [0.29, 0.717) is 0 Å². The number of rotatable bonds is 4. The highest BCUT2D eigenvalue weighted by molar-refractivity contribution is 14.1. The molecule has 0 bridgehead atoms. The first kappa shape index (κ1) is 14.0. The maximum Gasteiger partial charge on any atom is 0.0591 e. The van der Waals surface area contributed by atoms with Gasteiger partial charge in [-0.15, -0.1) is 11.3 Å². The molecule has 0 aliphatic rings. The maximum absolute atomic E-state index is 3.62. The topological polar surface area (TPSA) is 12.0 Å². The van der Waals surface area contributed by atoms with Gasteiger partial charge >= 0.3 is 0 Å². The average Bonchev–Trinajstić information content (AvgIpc) is 2.88. The average molecular weight is 393 g/mol. The van der Waals surface area contributed by atoms with Crippen molar-refractivity contribution in [2.75, 3.05) is 6.54 Å². The summed E-state index contributed by atoms with van der Waals surface area (Å²) >= 11 is 4.20. The van der Waals surface area contributed by atoms with Crippen LogP contribution in [0.15, 0.2) is 53.9 Å². The van der Waals surface area contributed by atoms with Gasteiger partial charge in [0.15, 0.2) is 0 Å².